The number of fused-ring (bicyclic) bond motifs is 1. The lowest BCUT2D eigenvalue weighted by Crippen LogP contribution is -2.24. The number of hydrogen-bond acceptors (Lipinski definition) is 2. The zero-order valence-corrected chi connectivity index (χ0v) is 9.21. The fraction of sp³-hybridized carbons (Fsp3) is 0.538. The summed E-state index contributed by atoms with van der Waals surface area (Å²) in [6.45, 7) is 4.19. The van der Waals surface area contributed by atoms with Gasteiger partial charge in [-0.1, -0.05) is 12.1 Å². The average Bonchev–Trinajstić information content (AvgIpc) is 2.78. The van der Waals surface area contributed by atoms with Crippen LogP contribution in [0.15, 0.2) is 18.2 Å². The van der Waals surface area contributed by atoms with Gasteiger partial charge < -0.3 is 9.84 Å². The molecule has 0 radical (unpaired) electrons. The second kappa shape index (κ2) is 2.56. The SMILES string of the molecule is CC1(C)Cc2ccc(C3(O)CC3)cc2O1. The number of rotatable bonds is 1. The molecular formula is C13H16O2. The Kier molecular flexibility index (Phi) is 1.57. The van der Waals surface area contributed by atoms with E-state index in [0.717, 1.165) is 30.6 Å². The summed E-state index contributed by atoms with van der Waals surface area (Å²) in [6, 6.07) is 6.14. The number of aliphatic hydroxyl groups is 1. The van der Waals surface area contributed by atoms with Crippen LogP contribution in [0, 0.1) is 0 Å². The van der Waals surface area contributed by atoms with Crippen LogP contribution >= 0.6 is 0 Å². The van der Waals surface area contributed by atoms with Crippen LogP contribution in [-0.2, 0) is 12.0 Å². The van der Waals surface area contributed by atoms with Crippen molar-refractivity contribution in [3.05, 3.63) is 29.3 Å². The zero-order valence-electron chi connectivity index (χ0n) is 9.21. The van der Waals surface area contributed by atoms with Gasteiger partial charge in [-0.25, -0.2) is 0 Å². The summed E-state index contributed by atoms with van der Waals surface area (Å²) >= 11 is 0. The molecule has 1 aliphatic heterocycles. The highest BCUT2D eigenvalue weighted by atomic mass is 16.5. The molecule has 3 rings (SSSR count). The van der Waals surface area contributed by atoms with E-state index < -0.39 is 5.60 Å². The fourth-order valence-corrected chi connectivity index (χ4v) is 2.28. The van der Waals surface area contributed by atoms with E-state index in [1.54, 1.807) is 0 Å². The highest BCUT2D eigenvalue weighted by molar-refractivity contribution is 5.44. The van der Waals surface area contributed by atoms with Crippen LogP contribution in [-0.4, -0.2) is 10.7 Å². The van der Waals surface area contributed by atoms with Crippen molar-refractivity contribution >= 4 is 0 Å². The average molecular weight is 204 g/mol. The number of benzene rings is 1. The Morgan fingerprint density at radius 3 is 2.67 bits per heavy atom. The third-order valence-corrected chi connectivity index (χ3v) is 3.33. The van der Waals surface area contributed by atoms with Crippen LogP contribution in [0.1, 0.15) is 37.8 Å². The molecule has 1 fully saturated rings. The van der Waals surface area contributed by atoms with Gasteiger partial charge in [0.05, 0.1) is 5.60 Å². The summed E-state index contributed by atoms with van der Waals surface area (Å²) in [6.07, 6.45) is 2.73. The maximum Gasteiger partial charge on any atom is 0.123 e. The maximum absolute atomic E-state index is 10.0. The Morgan fingerprint density at radius 2 is 2.00 bits per heavy atom. The molecule has 1 aromatic carbocycles. The van der Waals surface area contributed by atoms with E-state index in [4.69, 9.17) is 4.74 Å². The van der Waals surface area contributed by atoms with Gasteiger partial charge in [0.15, 0.2) is 0 Å². The van der Waals surface area contributed by atoms with Crippen molar-refractivity contribution in [3.63, 3.8) is 0 Å². The third-order valence-electron chi connectivity index (χ3n) is 3.33. The summed E-state index contributed by atoms with van der Waals surface area (Å²) in [5.74, 6) is 0.956. The first-order chi connectivity index (χ1) is 6.99. The fourth-order valence-electron chi connectivity index (χ4n) is 2.28. The van der Waals surface area contributed by atoms with Gasteiger partial charge >= 0.3 is 0 Å². The van der Waals surface area contributed by atoms with Crippen LogP contribution in [0.4, 0.5) is 0 Å². The molecule has 0 saturated heterocycles. The minimum atomic E-state index is -0.550. The number of ether oxygens (including phenoxy) is 1. The summed E-state index contributed by atoms with van der Waals surface area (Å²) in [5.41, 5.74) is 1.63. The Hall–Kier alpha value is -1.02. The van der Waals surface area contributed by atoms with Gasteiger partial charge in [0.2, 0.25) is 0 Å². The van der Waals surface area contributed by atoms with E-state index >= 15 is 0 Å². The van der Waals surface area contributed by atoms with Gasteiger partial charge in [0, 0.05) is 6.42 Å². The van der Waals surface area contributed by atoms with E-state index in [1.807, 2.05) is 12.1 Å². The summed E-state index contributed by atoms with van der Waals surface area (Å²) in [7, 11) is 0. The standard InChI is InChI=1S/C13H16O2/c1-12(2)8-9-3-4-10(7-11(9)15-12)13(14)5-6-13/h3-4,7,14H,5-6,8H2,1-2H3. The van der Waals surface area contributed by atoms with Crippen molar-refractivity contribution in [1.29, 1.82) is 0 Å². The lowest BCUT2D eigenvalue weighted by molar-refractivity contribution is 0.135. The van der Waals surface area contributed by atoms with Gasteiger partial charge in [-0.2, -0.15) is 0 Å². The minimum absolute atomic E-state index is 0.0902. The predicted molar refractivity (Wildman–Crippen MR) is 58.0 cm³/mol. The molecule has 0 spiro atoms. The lowest BCUT2D eigenvalue weighted by atomic mass is 9.99. The van der Waals surface area contributed by atoms with Gasteiger partial charge in [-0.05, 0) is 43.9 Å². The molecule has 0 atom stereocenters. The monoisotopic (exact) mass is 204 g/mol. The largest absolute Gasteiger partial charge is 0.487 e. The molecule has 1 aromatic rings. The maximum atomic E-state index is 10.0. The zero-order chi connectivity index (χ0) is 10.7. The lowest BCUT2D eigenvalue weighted by Gasteiger charge is -2.17. The number of hydrogen-bond donors (Lipinski definition) is 1. The molecule has 2 nitrogen and oxygen atoms in total. The first-order valence-electron chi connectivity index (χ1n) is 5.53. The summed E-state index contributed by atoms with van der Waals surface area (Å²) in [4.78, 5) is 0. The molecule has 80 valence electrons. The Labute approximate surface area is 89.9 Å². The van der Waals surface area contributed by atoms with Gasteiger partial charge in [-0.15, -0.1) is 0 Å². The molecule has 0 aromatic heterocycles. The molecule has 0 amide bonds. The first kappa shape index (κ1) is 9.22. The highest BCUT2D eigenvalue weighted by Crippen LogP contribution is 2.47. The quantitative estimate of drug-likeness (QED) is 0.761. The van der Waals surface area contributed by atoms with Crippen molar-refractivity contribution in [2.75, 3.05) is 0 Å². The molecule has 0 bridgehead atoms. The predicted octanol–water partition coefficient (Wildman–Crippen LogP) is 2.38. The van der Waals surface area contributed by atoms with Crippen LogP contribution in [0.25, 0.3) is 0 Å². The van der Waals surface area contributed by atoms with E-state index in [1.165, 1.54) is 5.56 Å². The van der Waals surface area contributed by atoms with E-state index in [2.05, 4.69) is 19.9 Å². The topological polar surface area (TPSA) is 29.5 Å². The molecule has 1 N–H and O–H groups in total. The Bertz CT molecular complexity index is 417. The summed E-state index contributed by atoms with van der Waals surface area (Å²) in [5, 5.41) is 10.0. The van der Waals surface area contributed by atoms with E-state index in [-0.39, 0.29) is 5.60 Å². The van der Waals surface area contributed by atoms with E-state index in [9.17, 15) is 5.11 Å². The van der Waals surface area contributed by atoms with Crippen LogP contribution in [0.5, 0.6) is 5.75 Å². The second-order valence-electron chi connectivity index (χ2n) is 5.39. The normalized spacial score (nSPS) is 24.5. The van der Waals surface area contributed by atoms with E-state index in [0.29, 0.717) is 0 Å². The molecule has 1 saturated carbocycles. The summed E-state index contributed by atoms with van der Waals surface area (Å²) < 4.78 is 5.85. The van der Waals surface area contributed by atoms with Gasteiger partial charge in [-0.3, -0.25) is 0 Å². The van der Waals surface area contributed by atoms with Gasteiger partial charge in [0.25, 0.3) is 0 Å². The Morgan fingerprint density at radius 1 is 1.27 bits per heavy atom. The third kappa shape index (κ3) is 1.44. The van der Waals surface area contributed by atoms with Crippen LogP contribution in [0.3, 0.4) is 0 Å². The Balaban J connectivity index is 1.99. The molecule has 2 heteroatoms. The van der Waals surface area contributed by atoms with Crippen molar-refractivity contribution < 1.29 is 9.84 Å². The van der Waals surface area contributed by atoms with Crippen molar-refractivity contribution in [3.8, 4) is 5.75 Å². The molecule has 2 aliphatic rings. The minimum Gasteiger partial charge on any atom is -0.487 e. The highest BCUT2D eigenvalue weighted by Gasteiger charge is 2.43. The van der Waals surface area contributed by atoms with Crippen LogP contribution < -0.4 is 4.74 Å². The smallest absolute Gasteiger partial charge is 0.123 e. The molecular weight excluding hydrogens is 188 g/mol. The van der Waals surface area contributed by atoms with Gasteiger partial charge in [0.1, 0.15) is 11.4 Å². The molecule has 0 unspecified atom stereocenters. The van der Waals surface area contributed by atoms with Crippen LogP contribution in [0.2, 0.25) is 0 Å². The molecule has 15 heavy (non-hydrogen) atoms. The van der Waals surface area contributed by atoms with Crippen molar-refractivity contribution in [1.82, 2.24) is 0 Å². The first-order valence-corrected chi connectivity index (χ1v) is 5.53. The molecule has 1 aliphatic carbocycles. The molecule has 1 heterocycles. The van der Waals surface area contributed by atoms with Crippen molar-refractivity contribution in [2.24, 2.45) is 0 Å². The van der Waals surface area contributed by atoms with Crippen molar-refractivity contribution in [2.45, 2.75) is 44.3 Å². The second-order valence-corrected chi connectivity index (χ2v) is 5.39.